The van der Waals surface area contributed by atoms with E-state index in [1.165, 1.54) is 63.4 Å². The lowest BCUT2D eigenvalue weighted by Crippen LogP contribution is -2.38. The van der Waals surface area contributed by atoms with Crippen molar-refractivity contribution < 1.29 is 15.0 Å². The molecule has 0 heterocycles. The zero-order chi connectivity index (χ0) is 27.3. The molecule has 0 unspecified atom stereocenters. The minimum absolute atomic E-state index is 0.0911. The number of aliphatic hydroxyl groups is 1. The molecule has 0 fully saturated rings. The van der Waals surface area contributed by atoms with Crippen LogP contribution in [0.1, 0.15) is 116 Å². The molecule has 0 aliphatic rings. The zero-order valence-corrected chi connectivity index (χ0v) is 24.1. The van der Waals surface area contributed by atoms with Gasteiger partial charge in [-0.25, -0.2) is 0 Å². The molecule has 0 aromatic heterocycles. The normalized spacial score (nSPS) is 15.9. The molecule has 0 saturated heterocycles. The number of carbonyl (C=O) groups is 1. The molecule has 0 spiro atoms. The Hall–Kier alpha value is -1.65. The third kappa shape index (κ3) is 14.8. The number of hydrogen-bond acceptors (Lipinski definition) is 3. The Kier molecular flexibility index (Phi) is 19.2. The Morgan fingerprint density at radius 3 is 2.22 bits per heavy atom. The summed E-state index contributed by atoms with van der Waals surface area (Å²) in [6, 6.07) is 10.3. The van der Waals surface area contributed by atoms with Gasteiger partial charge in [0.2, 0.25) is 0 Å². The van der Waals surface area contributed by atoms with Crippen LogP contribution in [0.2, 0.25) is 0 Å². The third-order valence-electron chi connectivity index (χ3n) is 8.04. The van der Waals surface area contributed by atoms with E-state index >= 15 is 0 Å². The lowest BCUT2D eigenvalue weighted by Gasteiger charge is -2.34. The first-order valence-corrected chi connectivity index (χ1v) is 15.2. The molecule has 4 N–H and O–H groups in total. The highest BCUT2D eigenvalue weighted by atomic mass is 16.4. The molecule has 1 rings (SSSR count). The second-order valence-electron chi connectivity index (χ2n) is 11.1. The molecule has 37 heavy (non-hydrogen) atoms. The Bertz CT molecular complexity index is 703. The molecule has 0 radical (unpaired) electrons. The summed E-state index contributed by atoms with van der Waals surface area (Å²) >= 11 is 0. The van der Waals surface area contributed by atoms with E-state index in [-0.39, 0.29) is 11.8 Å². The maximum absolute atomic E-state index is 12.3. The van der Waals surface area contributed by atoms with Crippen LogP contribution >= 0.6 is 0 Å². The summed E-state index contributed by atoms with van der Waals surface area (Å²) in [5, 5.41) is 20.6. The first kappa shape index (κ1) is 33.4. The fourth-order valence-electron chi connectivity index (χ4n) is 5.83. The molecular weight excluding hydrogens is 458 g/mol. The first-order valence-electron chi connectivity index (χ1n) is 15.2. The highest BCUT2D eigenvalue weighted by Gasteiger charge is 2.36. The van der Waals surface area contributed by atoms with Crippen LogP contribution in [0.15, 0.2) is 42.5 Å². The summed E-state index contributed by atoms with van der Waals surface area (Å²) in [6.45, 7) is 6.69. The Labute approximate surface area is 228 Å². The number of benzene rings is 1. The van der Waals surface area contributed by atoms with Gasteiger partial charge in [-0.15, -0.1) is 0 Å². The van der Waals surface area contributed by atoms with Gasteiger partial charge in [0.05, 0.1) is 12.0 Å². The molecule has 4 heteroatoms. The van der Waals surface area contributed by atoms with E-state index in [0.717, 1.165) is 38.5 Å². The lowest BCUT2D eigenvalue weighted by molar-refractivity contribution is -0.149. The average Bonchev–Trinajstić information content (AvgIpc) is 2.88. The molecule has 0 aliphatic heterocycles. The first-order chi connectivity index (χ1) is 17.9. The van der Waals surface area contributed by atoms with Crippen molar-refractivity contribution in [3.05, 3.63) is 48.0 Å². The van der Waals surface area contributed by atoms with Crippen molar-refractivity contribution in [3.63, 3.8) is 0 Å². The average molecular weight is 516 g/mol. The summed E-state index contributed by atoms with van der Waals surface area (Å²) in [5.41, 5.74) is 7.28. The van der Waals surface area contributed by atoms with Gasteiger partial charge in [0, 0.05) is 0 Å². The van der Waals surface area contributed by atoms with Crippen LogP contribution in [0.25, 0.3) is 0 Å². The van der Waals surface area contributed by atoms with Gasteiger partial charge < -0.3 is 15.9 Å². The van der Waals surface area contributed by atoms with E-state index in [4.69, 9.17) is 5.73 Å². The quantitative estimate of drug-likeness (QED) is 0.101. The number of aryl methyl sites for hydroxylation is 1. The van der Waals surface area contributed by atoms with Crippen molar-refractivity contribution >= 4 is 5.97 Å². The predicted molar refractivity (Wildman–Crippen MR) is 158 cm³/mol. The molecule has 0 saturated carbocycles. The third-order valence-corrected chi connectivity index (χ3v) is 8.04. The maximum atomic E-state index is 12.3. The lowest BCUT2D eigenvalue weighted by atomic mass is 9.71. The summed E-state index contributed by atoms with van der Waals surface area (Å²) in [4.78, 5) is 12.3. The second kappa shape index (κ2) is 21.3. The van der Waals surface area contributed by atoms with Crippen LogP contribution in [0.3, 0.4) is 0 Å². The van der Waals surface area contributed by atoms with Crippen molar-refractivity contribution in [2.45, 2.75) is 123 Å². The van der Waals surface area contributed by atoms with E-state index in [2.05, 4.69) is 38.1 Å². The number of nitrogens with two attached hydrogens (primary N) is 1. The molecule has 5 atom stereocenters. The minimum atomic E-state index is -0.888. The van der Waals surface area contributed by atoms with Crippen LogP contribution in [-0.2, 0) is 11.2 Å². The summed E-state index contributed by atoms with van der Waals surface area (Å²) < 4.78 is 0. The maximum Gasteiger partial charge on any atom is 0.309 e. The summed E-state index contributed by atoms with van der Waals surface area (Å²) in [5.74, 6) is -0.909. The van der Waals surface area contributed by atoms with Gasteiger partial charge in [0.25, 0.3) is 0 Å². The molecule has 0 aliphatic carbocycles. The topological polar surface area (TPSA) is 83.6 Å². The van der Waals surface area contributed by atoms with Crippen molar-refractivity contribution in [3.8, 4) is 0 Å². The van der Waals surface area contributed by atoms with E-state index in [0.29, 0.717) is 12.5 Å². The highest BCUT2D eigenvalue weighted by Crippen LogP contribution is 2.36. The standard InChI is InChI=1S/C33H57NO3/c1-4-6-8-9-10-11-14-18-28(17-13-7-5-2)21-23-30(25-26-34)31(32(27(3)35)33(36)37)24-22-29-19-15-12-16-20-29/h11-12,14-16,19-20,27-28,30-32,35H,4-10,13,17-18,21-26,34H2,1-3H3,(H,36,37)/b14-11-/t27-,28-,30+,31-,32+/m0/s1. The summed E-state index contributed by atoms with van der Waals surface area (Å²) in [7, 11) is 0. The van der Waals surface area contributed by atoms with Crippen LogP contribution < -0.4 is 5.73 Å². The van der Waals surface area contributed by atoms with Gasteiger partial charge >= 0.3 is 5.97 Å². The van der Waals surface area contributed by atoms with E-state index in [9.17, 15) is 15.0 Å². The number of aliphatic carboxylic acids is 1. The van der Waals surface area contributed by atoms with E-state index in [1.54, 1.807) is 6.92 Å². The van der Waals surface area contributed by atoms with Crippen LogP contribution in [0.5, 0.6) is 0 Å². The number of rotatable bonds is 23. The number of aliphatic hydroxyl groups excluding tert-OH is 1. The predicted octanol–water partition coefficient (Wildman–Crippen LogP) is 8.18. The molecule has 0 amide bonds. The van der Waals surface area contributed by atoms with Crippen LogP contribution in [-0.4, -0.2) is 28.8 Å². The molecular formula is C33H57NO3. The Morgan fingerprint density at radius 2 is 1.59 bits per heavy atom. The van der Waals surface area contributed by atoms with Crippen LogP contribution in [0, 0.1) is 23.7 Å². The van der Waals surface area contributed by atoms with Gasteiger partial charge in [-0.05, 0) is 88.2 Å². The van der Waals surface area contributed by atoms with Crippen LogP contribution in [0.4, 0.5) is 0 Å². The van der Waals surface area contributed by atoms with Gasteiger partial charge in [-0.1, -0.05) is 101 Å². The van der Waals surface area contributed by atoms with Gasteiger partial charge in [0.1, 0.15) is 0 Å². The van der Waals surface area contributed by atoms with Gasteiger partial charge in [-0.2, -0.15) is 0 Å². The number of carboxylic acids is 1. The van der Waals surface area contributed by atoms with Gasteiger partial charge in [0.15, 0.2) is 0 Å². The molecule has 212 valence electrons. The van der Waals surface area contributed by atoms with E-state index < -0.39 is 18.0 Å². The second-order valence-corrected chi connectivity index (χ2v) is 11.1. The molecule has 4 nitrogen and oxygen atoms in total. The van der Waals surface area contributed by atoms with Gasteiger partial charge in [-0.3, -0.25) is 4.79 Å². The zero-order valence-electron chi connectivity index (χ0n) is 24.1. The summed E-state index contributed by atoms with van der Waals surface area (Å²) in [6.07, 6.45) is 20.8. The van der Waals surface area contributed by atoms with Crippen molar-refractivity contribution in [1.29, 1.82) is 0 Å². The SMILES string of the molecule is CCCCCC/C=C\C[C@H](CCCCC)CC[C@H](CCN)[C@H](CCc1ccccc1)[C@H](C(=O)O)[C@H](C)O. The largest absolute Gasteiger partial charge is 0.481 e. The monoisotopic (exact) mass is 515 g/mol. The fourth-order valence-corrected chi connectivity index (χ4v) is 5.83. The Balaban J connectivity index is 2.92. The minimum Gasteiger partial charge on any atom is -0.481 e. The number of allylic oxidation sites excluding steroid dienone is 2. The number of carboxylic acid groups (broad SMARTS) is 1. The number of unbranched alkanes of at least 4 members (excludes halogenated alkanes) is 6. The molecule has 0 bridgehead atoms. The highest BCUT2D eigenvalue weighted by molar-refractivity contribution is 5.71. The fraction of sp³-hybridized carbons (Fsp3) is 0.727. The Morgan fingerprint density at radius 1 is 0.892 bits per heavy atom. The molecule has 1 aromatic carbocycles. The van der Waals surface area contributed by atoms with Crippen molar-refractivity contribution in [1.82, 2.24) is 0 Å². The van der Waals surface area contributed by atoms with Crippen molar-refractivity contribution in [2.75, 3.05) is 6.54 Å². The number of hydrogen-bond donors (Lipinski definition) is 3. The molecule has 1 aromatic rings. The van der Waals surface area contributed by atoms with E-state index in [1.807, 2.05) is 18.2 Å². The smallest absolute Gasteiger partial charge is 0.309 e. The van der Waals surface area contributed by atoms with Crippen molar-refractivity contribution in [2.24, 2.45) is 29.4 Å².